The van der Waals surface area contributed by atoms with Crippen molar-refractivity contribution in [3.05, 3.63) is 97.1 Å². The van der Waals surface area contributed by atoms with Crippen molar-refractivity contribution in [2.75, 3.05) is 77.3 Å². The zero-order chi connectivity index (χ0) is 36.6. The summed E-state index contributed by atoms with van der Waals surface area (Å²) >= 11 is 0. The highest BCUT2D eigenvalue weighted by molar-refractivity contribution is 7.85. The van der Waals surface area contributed by atoms with Crippen molar-refractivity contribution in [1.82, 2.24) is 0 Å². The molecule has 0 unspecified atom stereocenters. The van der Waals surface area contributed by atoms with Gasteiger partial charge in [-0.25, -0.2) is 8.42 Å². The average Bonchev–Trinajstić information content (AvgIpc) is 3.15. The summed E-state index contributed by atoms with van der Waals surface area (Å²) in [5.41, 5.74) is 4.37. The van der Waals surface area contributed by atoms with Crippen molar-refractivity contribution < 1.29 is 17.4 Å². The van der Waals surface area contributed by atoms with E-state index in [0.29, 0.717) is 0 Å². The lowest BCUT2D eigenvalue weighted by atomic mass is 10.1. The number of hydrogen-bond acceptors (Lipinski definition) is 4. The summed E-state index contributed by atoms with van der Waals surface area (Å²) in [5, 5.41) is 0. The minimum absolute atomic E-state index is 0.928. The second-order valence-electron chi connectivity index (χ2n) is 16.0. The van der Waals surface area contributed by atoms with Gasteiger partial charge in [0.15, 0.2) is 0 Å². The predicted molar refractivity (Wildman–Crippen MR) is 219 cm³/mol. The highest BCUT2D eigenvalue weighted by atomic mass is 32.2. The molecule has 0 spiro atoms. The van der Waals surface area contributed by atoms with Crippen molar-refractivity contribution in [2.45, 2.75) is 83.8 Å². The largest absolute Gasteiger partial charge is 0.339 e. The van der Waals surface area contributed by atoms with Crippen LogP contribution in [0.4, 0.5) is 22.7 Å². The van der Waals surface area contributed by atoms with Crippen LogP contribution in [0.25, 0.3) is 0 Å². The number of quaternary nitrogens is 2. The van der Waals surface area contributed by atoms with Gasteiger partial charge in [-0.15, -0.1) is 0 Å². The first-order valence-electron chi connectivity index (χ1n) is 19.5. The third-order valence-corrected chi connectivity index (χ3v) is 14.0. The van der Waals surface area contributed by atoms with Gasteiger partial charge in [0.2, 0.25) is 0 Å². The maximum absolute atomic E-state index is 13.2. The topological polar surface area (TPSA) is 40.6 Å². The molecule has 8 heteroatoms. The van der Waals surface area contributed by atoms with Crippen LogP contribution in [0.3, 0.4) is 0 Å². The summed E-state index contributed by atoms with van der Waals surface area (Å²) in [7, 11) is 7.28. The Labute approximate surface area is 318 Å². The molecule has 0 atom stereocenters. The molecule has 0 N–H and O–H groups in total. The van der Waals surface area contributed by atoms with Crippen LogP contribution in [0.2, 0.25) is 0 Å². The molecule has 2 heterocycles. The second-order valence-corrected chi connectivity index (χ2v) is 18.8. The van der Waals surface area contributed by atoms with E-state index < -0.39 is 21.6 Å². The van der Waals surface area contributed by atoms with E-state index in [1.807, 2.05) is 48.5 Å². The molecule has 0 amide bonds. The molecule has 4 aromatic rings. The minimum atomic E-state index is -1.12. The van der Waals surface area contributed by atoms with E-state index >= 15 is 0 Å². The van der Waals surface area contributed by atoms with Gasteiger partial charge in [-0.2, -0.15) is 0 Å². The summed E-state index contributed by atoms with van der Waals surface area (Å²) in [4.78, 5) is 8.48. The van der Waals surface area contributed by atoms with Crippen molar-refractivity contribution >= 4 is 44.3 Å². The quantitative estimate of drug-likeness (QED) is 0.0710. The molecular weight excluding hydrogens is 681 g/mol. The molecule has 0 bridgehead atoms. The zero-order valence-corrected chi connectivity index (χ0v) is 33.6. The number of rotatable bonds is 19. The Morgan fingerprint density at radius 3 is 0.942 bits per heavy atom. The summed E-state index contributed by atoms with van der Waals surface area (Å²) in [6.07, 6.45) is 12.8. The smallest absolute Gasteiger partial charge is 0.0892 e. The second kappa shape index (κ2) is 17.7. The molecule has 52 heavy (non-hydrogen) atoms. The standard InChI is InChI=1S/C44H60N4O2S2/c1-47(2,35-21-31-45-37-23-11-15-27-41(37)51(49)42-28-16-12-24-38(42)45)33-19-9-7-5-6-8-10-20-34-48(3,4)36-22-32-46-39-25-13-17-29-43(39)52(50)44-30-18-14-26-40(44)46/h11-18,23-30H,5-10,19-22,31-36H2,1-4H3/q+2. The first-order chi connectivity index (χ1) is 25.2. The Balaban J connectivity index is 0.825. The summed E-state index contributed by atoms with van der Waals surface area (Å²) in [5.74, 6) is 0. The van der Waals surface area contributed by atoms with Crippen LogP contribution in [0, 0.1) is 0 Å². The molecule has 6 rings (SSSR count). The van der Waals surface area contributed by atoms with Crippen LogP contribution in [-0.2, 0) is 21.6 Å². The third-order valence-electron chi connectivity index (χ3n) is 11.0. The Morgan fingerprint density at radius 2 is 0.635 bits per heavy atom. The molecule has 2 aliphatic heterocycles. The Morgan fingerprint density at radius 1 is 0.385 bits per heavy atom. The number of hydrogen-bond donors (Lipinski definition) is 0. The van der Waals surface area contributed by atoms with Gasteiger partial charge in [0, 0.05) is 25.9 Å². The lowest BCUT2D eigenvalue weighted by molar-refractivity contribution is -0.890. The fourth-order valence-corrected chi connectivity index (χ4v) is 10.8. The first kappa shape index (κ1) is 38.4. The van der Waals surface area contributed by atoms with E-state index in [-0.39, 0.29) is 0 Å². The Hall–Kier alpha value is -3.30. The van der Waals surface area contributed by atoms with E-state index in [0.717, 1.165) is 90.3 Å². The molecule has 278 valence electrons. The minimum Gasteiger partial charge on any atom is -0.339 e. The first-order valence-corrected chi connectivity index (χ1v) is 21.8. The van der Waals surface area contributed by atoms with E-state index in [4.69, 9.17) is 0 Å². The van der Waals surface area contributed by atoms with Crippen LogP contribution in [0.5, 0.6) is 0 Å². The zero-order valence-electron chi connectivity index (χ0n) is 32.0. The third kappa shape index (κ3) is 9.43. The van der Waals surface area contributed by atoms with Gasteiger partial charge in [-0.05, 0) is 74.2 Å². The molecule has 0 saturated heterocycles. The molecule has 2 aliphatic rings. The van der Waals surface area contributed by atoms with Crippen LogP contribution < -0.4 is 9.80 Å². The molecule has 0 aromatic heterocycles. The Bertz CT molecular complexity index is 1610. The number of unbranched alkanes of at least 4 members (excludes halogenated alkanes) is 7. The van der Waals surface area contributed by atoms with Gasteiger partial charge in [0.25, 0.3) is 0 Å². The monoisotopic (exact) mass is 740 g/mol. The van der Waals surface area contributed by atoms with E-state index in [1.54, 1.807) is 0 Å². The van der Waals surface area contributed by atoms with Gasteiger partial charge < -0.3 is 18.8 Å². The van der Waals surface area contributed by atoms with Crippen LogP contribution in [0.15, 0.2) is 117 Å². The molecule has 4 aromatic carbocycles. The van der Waals surface area contributed by atoms with Gasteiger partial charge in [0.1, 0.15) is 0 Å². The summed E-state index contributed by atoms with van der Waals surface area (Å²) in [6.45, 7) is 6.61. The molecule has 0 aliphatic carbocycles. The molecule has 0 radical (unpaired) electrons. The molecule has 0 fully saturated rings. The van der Waals surface area contributed by atoms with E-state index in [9.17, 15) is 8.42 Å². The summed E-state index contributed by atoms with van der Waals surface area (Å²) in [6, 6.07) is 32.7. The van der Waals surface area contributed by atoms with Crippen LogP contribution >= 0.6 is 0 Å². The maximum Gasteiger partial charge on any atom is 0.0892 e. The fourth-order valence-electron chi connectivity index (χ4n) is 8.00. The number of anilines is 4. The fraction of sp³-hybridized carbons (Fsp3) is 0.455. The van der Waals surface area contributed by atoms with Crippen LogP contribution in [0.1, 0.15) is 64.2 Å². The highest BCUT2D eigenvalue weighted by Gasteiger charge is 2.29. The Kier molecular flexibility index (Phi) is 13.1. The molecular formula is C44H60N4O2S2+2. The number of para-hydroxylation sites is 4. The summed E-state index contributed by atoms with van der Waals surface area (Å²) < 4.78 is 28.5. The van der Waals surface area contributed by atoms with Gasteiger partial charge >= 0.3 is 0 Å². The van der Waals surface area contributed by atoms with Gasteiger partial charge in [0.05, 0.1) is 118 Å². The maximum atomic E-state index is 13.2. The number of fused-ring (bicyclic) bond motifs is 4. The lowest BCUT2D eigenvalue weighted by Crippen LogP contribution is -2.42. The van der Waals surface area contributed by atoms with E-state index in [1.165, 1.54) is 64.5 Å². The van der Waals surface area contributed by atoms with Crippen LogP contribution in [-0.4, -0.2) is 84.8 Å². The van der Waals surface area contributed by atoms with E-state index in [2.05, 4.69) is 86.5 Å². The van der Waals surface area contributed by atoms with Crippen molar-refractivity contribution in [1.29, 1.82) is 0 Å². The van der Waals surface area contributed by atoms with Gasteiger partial charge in [-0.1, -0.05) is 74.2 Å². The van der Waals surface area contributed by atoms with Crippen molar-refractivity contribution in [3.8, 4) is 0 Å². The number of benzene rings is 4. The van der Waals surface area contributed by atoms with Gasteiger partial charge in [-0.3, -0.25) is 0 Å². The van der Waals surface area contributed by atoms with Crippen molar-refractivity contribution in [3.63, 3.8) is 0 Å². The molecule has 0 saturated carbocycles. The number of nitrogens with zero attached hydrogens (tertiary/aromatic N) is 4. The highest BCUT2D eigenvalue weighted by Crippen LogP contribution is 2.43. The van der Waals surface area contributed by atoms with Crippen molar-refractivity contribution in [2.24, 2.45) is 0 Å². The average molecular weight is 741 g/mol. The predicted octanol–water partition coefficient (Wildman–Crippen LogP) is 9.68. The lowest BCUT2D eigenvalue weighted by Gasteiger charge is -2.35. The SMILES string of the molecule is C[N+](C)(CCCCCCCCCC[N+](C)(C)CCCN1c2ccccc2S(=O)c2ccccc21)CCCN1c2ccccc2S(=O)c2ccccc21. The normalized spacial score (nSPS) is 14.5. The molecule has 6 nitrogen and oxygen atoms in total.